The van der Waals surface area contributed by atoms with Crippen molar-refractivity contribution < 1.29 is 19.1 Å². The molecule has 1 aromatic carbocycles. The molecule has 0 amide bonds. The molecule has 0 N–H and O–H groups in total. The van der Waals surface area contributed by atoms with E-state index in [1.165, 1.54) is 18.2 Å². The van der Waals surface area contributed by atoms with Crippen molar-refractivity contribution in [3.63, 3.8) is 0 Å². The van der Waals surface area contributed by atoms with Crippen LogP contribution >= 0.6 is 0 Å². The van der Waals surface area contributed by atoms with E-state index >= 15 is 0 Å². The number of ether oxygens (including phenoxy) is 2. The lowest BCUT2D eigenvalue weighted by Gasteiger charge is -2.27. The number of nitrogens with zero attached hydrogens (tertiary/aromatic N) is 1. The largest absolute Gasteiger partial charge is 0.497 e. The lowest BCUT2D eigenvalue weighted by molar-refractivity contribution is -0.150. The van der Waals surface area contributed by atoms with Crippen LogP contribution in [0.15, 0.2) is 35.5 Å². The summed E-state index contributed by atoms with van der Waals surface area (Å²) in [4.78, 5) is 17.2. The highest BCUT2D eigenvalue weighted by Gasteiger charge is 2.29. The molecule has 1 unspecified atom stereocenters. The maximum Gasteiger partial charge on any atom is 0.333 e. The zero-order chi connectivity index (χ0) is 18.6. The van der Waals surface area contributed by atoms with Gasteiger partial charge in [0.05, 0.1) is 12.8 Å². The summed E-state index contributed by atoms with van der Waals surface area (Å²) in [7, 11) is 3.19. The first-order chi connectivity index (χ1) is 11.7. The van der Waals surface area contributed by atoms with Crippen LogP contribution in [-0.4, -0.2) is 31.5 Å². The van der Waals surface area contributed by atoms with Crippen molar-refractivity contribution in [2.24, 2.45) is 11.1 Å². The van der Waals surface area contributed by atoms with Crippen molar-refractivity contribution in [2.45, 2.75) is 45.6 Å². The first kappa shape index (κ1) is 19.0. The molecule has 0 bridgehead atoms. The van der Waals surface area contributed by atoms with E-state index in [9.17, 15) is 4.79 Å². The fourth-order valence-corrected chi connectivity index (χ4v) is 2.96. The van der Waals surface area contributed by atoms with Crippen molar-refractivity contribution in [2.75, 3.05) is 14.2 Å². The van der Waals surface area contributed by atoms with E-state index in [1.807, 2.05) is 32.9 Å². The molecule has 0 saturated carbocycles. The van der Waals surface area contributed by atoms with Crippen molar-refractivity contribution >= 4 is 11.7 Å². The second-order valence-electron chi connectivity index (χ2n) is 7.29. The minimum Gasteiger partial charge on any atom is -0.497 e. The molecule has 0 aromatic heterocycles. The van der Waals surface area contributed by atoms with Gasteiger partial charge < -0.3 is 14.3 Å². The maximum atomic E-state index is 12.2. The Bertz CT molecular complexity index is 685. The van der Waals surface area contributed by atoms with Crippen LogP contribution in [0.25, 0.3) is 0 Å². The molecular weight excluding hydrogens is 318 g/mol. The molecule has 0 spiro atoms. The number of methoxy groups -OCH3 is 1. The van der Waals surface area contributed by atoms with Crippen molar-refractivity contribution in [1.82, 2.24) is 0 Å². The Morgan fingerprint density at radius 2 is 2.00 bits per heavy atom. The SMILES string of the molecule is C=C(CC1Cc2cc(OC)ccc2CC1=NOC)C(=O)OC(C)(C)C. The third-order valence-corrected chi connectivity index (χ3v) is 4.11. The van der Waals surface area contributed by atoms with Gasteiger partial charge in [-0.25, -0.2) is 4.79 Å². The van der Waals surface area contributed by atoms with Gasteiger partial charge in [-0.3, -0.25) is 0 Å². The van der Waals surface area contributed by atoms with Gasteiger partial charge in [-0.15, -0.1) is 0 Å². The van der Waals surface area contributed by atoms with E-state index in [4.69, 9.17) is 14.3 Å². The first-order valence-corrected chi connectivity index (χ1v) is 8.40. The summed E-state index contributed by atoms with van der Waals surface area (Å²) in [6, 6.07) is 6.05. The molecule has 2 rings (SSSR count). The van der Waals surface area contributed by atoms with Gasteiger partial charge in [0.2, 0.25) is 0 Å². The Morgan fingerprint density at radius 1 is 1.28 bits per heavy atom. The molecule has 5 nitrogen and oxygen atoms in total. The third-order valence-electron chi connectivity index (χ3n) is 4.11. The van der Waals surface area contributed by atoms with Crippen molar-refractivity contribution in [1.29, 1.82) is 0 Å². The highest BCUT2D eigenvalue weighted by Crippen LogP contribution is 2.31. The number of carbonyl (C=O) groups excluding carboxylic acids is 1. The number of fused-ring (bicyclic) bond motifs is 1. The van der Waals surface area contributed by atoms with Crippen LogP contribution in [0.3, 0.4) is 0 Å². The third kappa shape index (κ3) is 5.08. The van der Waals surface area contributed by atoms with Gasteiger partial charge in [0.25, 0.3) is 0 Å². The summed E-state index contributed by atoms with van der Waals surface area (Å²) in [5.41, 5.74) is 3.25. The highest BCUT2D eigenvalue weighted by molar-refractivity contribution is 5.93. The fraction of sp³-hybridized carbons (Fsp3) is 0.500. The molecule has 1 atom stereocenters. The Hall–Kier alpha value is -2.30. The number of oxime groups is 1. The molecule has 0 saturated heterocycles. The van der Waals surface area contributed by atoms with Gasteiger partial charge in [-0.05, 0) is 56.9 Å². The Labute approximate surface area is 149 Å². The molecule has 0 aliphatic heterocycles. The zero-order valence-electron chi connectivity index (χ0n) is 15.7. The summed E-state index contributed by atoms with van der Waals surface area (Å²) in [5.74, 6) is 0.524. The topological polar surface area (TPSA) is 57.1 Å². The van der Waals surface area contributed by atoms with E-state index in [0.29, 0.717) is 18.4 Å². The molecule has 0 radical (unpaired) electrons. The lowest BCUT2D eigenvalue weighted by Crippen LogP contribution is -2.29. The monoisotopic (exact) mass is 345 g/mol. The molecule has 0 heterocycles. The number of rotatable bonds is 5. The van der Waals surface area contributed by atoms with Crippen LogP contribution in [0, 0.1) is 5.92 Å². The Morgan fingerprint density at radius 3 is 2.60 bits per heavy atom. The molecule has 25 heavy (non-hydrogen) atoms. The van der Waals surface area contributed by atoms with E-state index in [0.717, 1.165) is 17.9 Å². The molecule has 1 aliphatic carbocycles. The van der Waals surface area contributed by atoms with E-state index in [-0.39, 0.29) is 11.9 Å². The van der Waals surface area contributed by atoms with Gasteiger partial charge in [0.1, 0.15) is 18.5 Å². The average Bonchev–Trinajstić information content (AvgIpc) is 2.53. The van der Waals surface area contributed by atoms with Crippen LogP contribution in [0.5, 0.6) is 5.75 Å². The van der Waals surface area contributed by atoms with Crippen LogP contribution < -0.4 is 4.74 Å². The van der Waals surface area contributed by atoms with E-state index in [1.54, 1.807) is 7.11 Å². The molecule has 0 fully saturated rings. The molecule has 1 aliphatic rings. The minimum absolute atomic E-state index is 0.0552. The quantitative estimate of drug-likeness (QED) is 0.464. The second kappa shape index (κ2) is 7.72. The minimum atomic E-state index is -0.532. The van der Waals surface area contributed by atoms with Gasteiger partial charge in [0, 0.05) is 17.9 Å². The molecule has 5 heteroatoms. The van der Waals surface area contributed by atoms with E-state index in [2.05, 4.69) is 17.8 Å². The first-order valence-electron chi connectivity index (χ1n) is 8.40. The molecule has 136 valence electrons. The van der Waals surface area contributed by atoms with Crippen LogP contribution in [0.4, 0.5) is 0 Å². The highest BCUT2D eigenvalue weighted by atomic mass is 16.6. The molecule has 1 aromatic rings. The number of hydrogen-bond acceptors (Lipinski definition) is 5. The van der Waals surface area contributed by atoms with Crippen LogP contribution in [0.1, 0.15) is 38.3 Å². The average molecular weight is 345 g/mol. The standard InChI is InChI=1S/C20H27NO4/c1-13(19(22)25-20(2,3)4)9-16-10-15-11-17(23-5)8-7-14(15)12-18(16)21-24-6/h7-8,11,16H,1,9-10,12H2,2-6H3. The molecular formula is C20H27NO4. The summed E-state index contributed by atoms with van der Waals surface area (Å²) in [5, 5.41) is 4.19. The maximum absolute atomic E-state index is 12.2. The predicted octanol–water partition coefficient (Wildman–Crippen LogP) is 3.70. The summed E-state index contributed by atoms with van der Waals surface area (Å²) in [6.07, 6.45) is 1.95. The lowest BCUT2D eigenvalue weighted by atomic mass is 9.79. The predicted molar refractivity (Wildman–Crippen MR) is 97.9 cm³/mol. The van der Waals surface area contributed by atoms with Crippen LogP contribution in [0.2, 0.25) is 0 Å². The summed E-state index contributed by atoms with van der Waals surface area (Å²) in [6.45, 7) is 9.46. The zero-order valence-corrected chi connectivity index (χ0v) is 15.7. The van der Waals surface area contributed by atoms with Crippen molar-refractivity contribution in [3.05, 3.63) is 41.5 Å². The van der Waals surface area contributed by atoms with Gasteiger partial charge in [-0.1, -0.05) is 17.8 Å². The van der Waals surface area contributed by atoms with Crippen molar-refractivity contribution in [3.8, 4) is 5.75 Å². The number of carbonyl (C=O) groups is 1. The summed E-state index contributed by atoms with van der Waals surface area (Å²) >= 11 is 0. The normalized spacial score (nSPS) is 18.4. The second-order valence-corrected chi connectivity index (χ2v) is 7.29. The smallest absolute Gasteiger partial charge is 0.333 e. The number of esters is 1. The number of benzene rings is 1. The van der Waals surface area contributed by atoms with Gasteiger partial charge in [0.15, 0.2) is 0 Å². The van der Waals surface area contributed by atoms with E-state index < -0.39 is 5.60 Å². The van der Waals surface area contributed by atoms with Gasteiger partial charge >= 0.3 is 5.97 Å². The number of hydrogen-bond donors (Lipinski definition) is 0. The van der Waals surface area contributed by atoms with Gasteiger partial charge in [-0.2, -0.15) is 0 Å². The fourth-order valence-electron chi connectivity index (χ4n) is 2.96. The van der Waals surface area contributed by atoms with Crippen LogP contribution in [-0.2, 0) is 27.2 Å². The Balaban J connectivity index is 2.18. The Kier molecular flexibility index (Phi) is 5.88. The summed E-state index contributed by atoms with van der Waals surface area (Å²) < 4.78 is 10.7.